The smallest absolute Gasteiger partial charge is 0.247 e. The summed E-state index contributed by atoms with van der Waals surface area (Å²) in [4.78, 5) is 27.5. The first-order valence-corrected chi connectivity index (χ1v) is 10.2. The molecule has 1 atom stereocenters. The Morgan fingerprint density at radius 3 is 2.70 bits per heavy atom. The standard InChI is InChI=1S/C20H17ClN4O4S/c1-11(26)22-20-23-16-8-7-15(9-17(16)30-20)28-10-18-24-25(12(2)27)19(29-18)13-3-5-14(21)6-4-13/h3-9,19H,10H2,1-2H3,(H,22,23,26). The molecule has 30 heavy (non-hydrogen) atoms. The van der Waals surface area contributed by atoms with Gasteiger partial charge in [-0.25, -0.2) is 4.98 Å². The van der Waals surface area contributed by atoms with E-state index in [0.717, 1.165) is 15.8 Å². The molecule has 0 aliphatic carbocycles. The molecule has 10 heteroatoms. The molecular weight excluding hydrogens is 428 g/mol. The first kappa shape index (κ1) is 20.1. The molecule has 1 aliphatic rings. The molecule has 0 saturated heterocycles. The van der Waals surface area contributed by atoms with Gasteiger partial charge in [0.25, 0.3) is 0 Å². The Labute approximate surface area is 181 Å². The highest BCUT2D eigenvalue weighted by Gasteiger charge is 2.32. The fraction of sp³-hybridized carbons (Fsp3) is 0.200. The Morgan fingerprint density at radius 1 is 1.23 bits per heavy atom. The maximum atomic E-state index is 12.0. The number of hydrogen-bond acceptors (Lipinski definition) is 7. The highest BCUT2D eigenvalue weighted by atomic mass is 35.5. The maximum absolute atomic E-state index is 12.0. The lowest BCUT2D eigenvalue weighted by atomic mass is 10.2. The minimum Gasteiger partial charge on any atom is -0.484 e. The molecule has 154 valence electrons. The Morgan fingerprint density at radius 2 is 2.00 bits per heavy atom. The van der Waals surface area contributed by atoms with Gasteiger partial charge in [0.15, 0.2) is 11.7 Å². The van der Waals surface area contributed by atoms with E-state index in [4.69, 9.17) is 21.1 Å². The van der Waals surface area contributed by atoms with Gasteiger partial charge in [0, 0.05) is 24.4 Å². The lowest BCUT2D eigenvalue weighted by Crippen LogP contribution is -2.25. The third kappa shape index (κ3) is 4.37. The summed E-state index contributed by atoms with van der Waals surface area (Å²) in [7, 11) is 0. The van der Waals surface area contributed by atoms with Crippen LogP contribution in [-0.2, 0) is 14.3 Å². The van der Waals surface area contributed by atoms with Crippen LogP contribution in [0.3, 0.4) is 0 Å². The van der Waals surface area contributed by atoms with Crippen molar-refractivity contribution in [3.8, 4) is 5.75 Å². The number of rotatable bonds is 5. The van der Waals surface area contributed by atoms with Gasteiger partial charge in [-0.2, -0.15) is 5.01 Å². The number of hydrogen-bond donors (Lipinski definition) is 1. The molecule has 8 nitrogen and oxygen atoms in total. The van der Waals surface area contributed by atoms with E-state index in [2.05, 4.69) is 15.4 Å². The van der Waals surface area contributed by atoms with Crippen LogP contribution >= 0.6 is 22.9 Å². The number of hydrazone groups is 1. The minimum atomic E-state index is -0.664. The predicted molar refractivity (Wildman–Crippen MR) is 115 cm³/mol. The number of carbonyl (C=O) groups excluding carboxylic acids is 2. The SMILES string of the molecule is CC(=O)Nc1nc2ccc(OCC3=NN(C(C)=O)C(c4ccc(Cl)cc4)O3)cc2s1. The second-order valence-electron chi connectivity index (χ2n) is 6.50. The number of nitrogens with zero attached hydrogens (tertiary/aromatic N) is 3. The molecule has 0 spiro atoms. The Bertz CT molecular complexity index is 1150. The molecule has 2 aromatic carbocycles. The van der Waals surface area contributed by atoms with Gasteiger partial charge in [0.2, 0.25) is 23.9 Å². The molecule has 0 fully saturated rings. The van der Waals surface area contributed by atoms with Gasteiger partial charge in [-0.05, 0) is 30.3 Å². The number of amides is 2. The number of carbonyl (C=O) groups is 2. The summed E-state index contributed by atoms with van der Waals surface area (Å²) in [5, 5.41) is 9.31. The molecule has 1 N–H and O–H groups in total. The van der Waals surface area contributed by atoms with Gasteiger partial charge in [-0.3, -0.25) is 9.59 Å². The van der Waals surface area contributed by atoms with Crippen LogP contribution in [0.5, 0.6) is 5.75 Å². The van der Waals surface area contributed by atoms with Crippen molar-refractivity contribution in [2.24, 2.45) is 5.10 Å². The van der Waals surface area contributed by atoms with Crippen molar-refractivity contribution < 1.29 is 19.1 Å². The van der Waals surface area contributed by atoms with Gasteiger partial charge in [0.1, 0.15) is 5.75 Å². The van der Waals surface area contributed by atoms with Crippen LogP contribution < -0.4 is 10.1 Å². The van der Waals surface area contributed by atoms with E-state index in [1.165, 1.54) is 30.2 Å². The summed E-state index contributed by atoms with van der Waals surface area (Å²) >= 11 is 7.29. The molecule has 4 rings (SSSR count). The summed E-state index contributed by atoms with van der Waals surface area (Å²) < 4.78 is 12.5. The number of ether oxygens (including phenoxy) is 2. The predicted octanol–water partition coefficient (Wildman–Crippen LogP) is 4.18. The quantitative estimate of drug-likeness (QED) is 0.637. The van der Waals surface area contributed by atoms with Crippen LogP contribution in [0, 0.1) is 0 Å². The number of nitrogens with one attached hydrogen (secondary N) is 1. The van der Waals surface area contributed by atoms with E-state index in [1.54, 1.807) is 30.3 Å². The van der Waals surface area contributed by atoms with Gasteiger partial charge >= 0.3 is 0 Å². The number of halogens is 1. The average Bonchev–Trinajstić information content (AvgIpc) is 3.29. The van der Waals surface area contributed by atoms with Crippen molar-refractivity contribution in [3.05, 3.63) is 53.1 Å². The average molecular weight is 445 g/mol. The number of anilines is 1. The fourth-order valence-electron chi connectivity index (χ4n) is 2.85. The van der Waals surface area contributed by atoms with Crippen LogP contribution in [0.15, 0.2) is 47.6 Å². The second kappa shape index (κ2) is 8.29. The van der Waals surface area contributed by atoms with Crippen molar-refractivity contribution in [2.45, 2.75) is 20.1 Å². The summed E-state index contributed by atoms with van der Waals surface area (Å²) in [6.45, 7) is 2.91. The largest absolute Gasteiger partial charge is 0.484 e. The lowest BCUT2D eigenvalue weighted by molar-refractivity contribution is -0.135. The van der Waals surface area contributed by atoms with E-state index in [1.807, 2.05) is 12.1 Å². The molecule has 1 aromatic heterocycles. The zero-order valence-electron chi connectivity index (χ0n) is 16.1. The van der Waals surface area contributed by atoms with E-state index in [9.17, 15) is 9.59 Å². The van der Waals surface area contributed by atoms with E-state index in [-0.39, 0.29) is 24.3 Å². The second-order valence-corrected chi connectivity index (χ2v) is 7.96. The Hall–Kier alpha value is -3.17. The van der Waals surface area contributed by atoms with Crippen LogP contribution in [0.25, 0.3) is 10.2 Å². The lowest BCUT2D eigenvalue weighted by Gasteiger charge is -2.19. The summed E-state index contributed by atoms with van der Waals surface area (Å²) in [5.41, 5.74) is 1.51. The molecule has 1 aliphatic heterocycles. The molecule has 0 radical (unpaired) electrons. The van der Waals surface area contributed by atoms with E-state index < -0.39 is 6.23 Å². The first-order chi connectivity index (χ1) is 14.4. The van der Waals surface area contributed by atoms with Crippen molar-refractivity contribution >= 4 is 56.0 Å². The van der Waals surface area contributed by atoms with Crippen LogP contribution in [0.4, 0.5) is 5.13 Å². The number of thiazole rings is 1. The topological polar surface area (TPSA) is 93.1 Å². The van der Waals surface area contributed by atoms with Crippen molar-refractivity contribution in [1.82, 2.24) is 9.99 Å². The fourth-order valence-corrected chi connectivity index (χ4v) is 3.92. The Kier molecular flexibility index (Phi) is 5.56. The number of aromatic nitrogens is 1. The van der Waals surface area contributed by atoms with Gasteiger partial charge in [0.05, 0.1) is 10.2 Å². The normalized spacial score (nSPS) is 15.6. The zero-order valence-corrected chi connectivity index (χ0v) is 17.7. The monoisotopic (exact) mass is 444 g/mol. The third-order valence-electron chi connectivity index (χ3n) is 4.17. The highest BCUT2D eigenvalue weighted by Crippen LogP contribution is 2.31. The molecule has 2 heterocycles. The number of benzene rings is 2. The van der Waals surface area contributed by atoms with Gasteiger partial charge in [-0.15, -0.1) is 5.10 Å². The van der Waals surface area contributed by atoms with E-state index in [0.29, 0.717) is 15.9 Å². The highest BCUT2D eigenvalue weighted by molar-refractivity contribution is 7.22. The summed E-state index contributed by atoms with van der Waals surface area (Å²) in [5.74, 6) is 0.457. The molecule has 0 bridgehead atoms. The summed E-state index contributed by atoms with van der Waals surface area (Å²) in [6.07, 6.45) is -0.664. The zero-order chi connectivity index (χ0) is 21.3. The van der Waals surface area contributed by atoms with Crippen LogP contribution in [0.2, 0.25) is 5.02 Å². The van der Waals surface area contributed by atoms with Crippen LogP contribution in [-0.4, -0.2) is 34.3 Å². The van der Waals surface area contributed by atoms with Gasteiger partial charge in [-0.1, -0.05) is 35.1 Å². The molecule has 1 unspecified atom stereocenters. The first-order valence-electron chi connectivity index (χ1n) is 8.99. The molecule has 2 amide bonds. The third-order valence-corrected chi connectivity index (χ3v) is 5.36. The maximum Gasteiger partial charge on any atom is 0.247 e. The van der Waals surface area contributed by atoms with Gasteiger partial charge < -0.3 is 14.8 Å². The molecule has 3 aromatic rings. The van der Waals surface area contributed by atoms with Crippen molar-refractivity contribution in [3.63, 3.8) is 0 Å². The number of fused-ring (bicyclic) bond motifs is 1. The summed E-state index contributed by atoms with van der Waals surface area (Å²) in [6, 6.07) is 12.4. The van der Waals surface area contributed by atoms with Crippen molar-refractivity contribution in [1.29, 1.82) is 0 Å². The molecular formula is C20H17ClN4O4S. The molecule has 0 saturated carbocycles. The van der Waals surface area contributed by atoms with Crippen molar-refractivity contribution in [2.75, 3.05) is 11.9 Å². The van der Waals surface area contributed by atoms with Crippen LogP contribution in [0.1, 0.15) is 25.6 Å². The minimum absolute atomic E-state index is 0.0523. The Balaban J connectivity index is 1.46. The van der Waals surface area contributed by atoms with E-state index >= 15 is 0 Å².